The van der Waals surface area contributed by atoms with Crippen LogP contribution in [0.1, 0.15) is 37.3 Å². The van der Waals surface area contributed by atoms with Crippen molar-refractivity contribution in [1.29, 1.82) is 0 Å². The number of likely N-dealkylation sites (N-methyl/N-ethyl adjacent to an activating group) is 1. The summed E-state index contributed by atoms with van der Waals surface area (Å²) in [6.07, 6.45) is 5.19. The van der Waals surface area contributed by atoms with Crippen LogP contribution in [0.2, 0.25) is 0 Å². The Morgan fingerprint density at radius 1 is 1.23 bits per heavy atom. The summed E-state index contributed by atoms with van der Waals surface area (Å²) >= 11 is 0. The number of nitro benzene ring substituents is 1. The SMILES string of the molecule is CN1c2ccccc2C2(C)CCCC3=Cc4cc([N+](=O)[O-])ccc4OC312. The lowest BCUT2D eigenvalue weighted by atomic mass is 9.64. The minimum atomic E-state index is -0.557. The van der Waals surface area contributed by atoms with Crippen LogP contribution in [-0.2, 0) is 5.41 Å². The van der Waals surface area contributed by atoms with Crippen molar-refractivity contribution in [2.45, 2.75) is 37.3 Å². The molecule has 1 saturated carbocycles. The third kappa shape index (κ3) is 1.66. The highest BCUT2D eigenvalue weighted by Gasteiger charge is 2.64. The number of para-hydroxylation sites is 1. The minimum absolute atomic E-state index is 0.0989. The smallest absolute Gasteiger partial charge is 0.270 e. The first-order valence-corrected chi connectivity index (χ1v) is 8.99. The summed E-state index contributed by atoms with van der Waals surface area (Å²) < 4.78 is 6.71. The van der Waals surface area contributed by atoms with Gasteiger partial charge in [-0.3, -0.25) is 10.1 Å². The van der Waals surface area contributed by atoms with Crippen LogP contribution >= 0.6 is 0 Å². The summed E-state index contributed by atoms with van der Waals surface area (Å²) in [6.45, 7) is 2.29. The lowest BCUT2D eigenvalue weighted by molar-refractivity contribution is -0.384. The van der Waals surface area contributed by atoms with Crippen LogP contribution in [-0.4, -0.2) is 17.7 Å². The molecule has 2 aromatic rings. The quantitative estimate of drug-likeness (QED) is 0.556. The molecule has 3 aliphatic rings. The molecule has 5 heteroatoms. The Bertz CT molecular complexity index is 983. The van der Waals surface area contributed by atoms with Gasteiger partial charge in [0.2, 0.25) is 5.72 Å². The topological polar surface area (TPSA) is 55.6 Å². The fourth-order valence-electron chi connectivity index (χ4n) is 5.25. The van der Waals surface area contributed by atoms with Gasteiger partial charge in [0.1, 0.15) is 5.75 Å². The highest BCUT2D eigenvalue weighted by Crippen LogP contribution is 2.61. The van der Waals surface area contributed by atoms with Gasteiger partial charge in [0.25, 0.3) is 5.69 Å². The first-order valence-electron chi connectivity index (χ1n) is 8.99. The van der Waals surface area contributed by atoms with E-state index in [4.69, 9.17) is 4.74 Å². The molecule has 2 aromatic carbocycles. The van der Waals surface area contributed by atoms with E-state index in [-0.39, 0.29) is 16.0 Å². The largest absolute Gasteiger partial charge is 0.462 e. The van der Waals surface area contributed by atoms with E-state index in [1.165, 1.54) is 22.9 Å². The van der Waals surface area contributed by atoms with E-state index in [0.717, 1.165) is 24.8 Å². The van der Waals surface area contributed by atoms with E-state index in [1.54, 1.807) is 12.1 Å². The Labute approximate surface area is 152 Å². The predicted molar refractivity (Wildman–Crippen MR) is 100 cm³/mol. The van der Waals surface area contributed by atoms with Crippen LogP contribution in [0.25, 0.3) is 6.08 Å². The molecule has 2 unspecified atom stereocenters. The van der Waals surface area contributed by atoms with Gasteiger partial charge in [0.15, 0.2) is 0 Å². The Kier molecular flexibility index (Phi) is 2.89. The van der Waals surface area contributed by atoms with Crippen LogP contribution in [0.15, 0.2) is 48.0 Å². The standard InChI is InChI=1S/C21H20N2O3/c1-20-11-5-6-15-12-14-13-16(23(24)25)9-10-19(14)26-21(15,20)22(2)18-8-4-3-7-17(18)20/h3-4,7-10,12-13H,5-6,11H2,1-2H3. The number of non-ortho nitro benzene ring substituents is 1. The number of hydrogen-bond acceptors (Lipinski definition) is 4. The first-order chi connectivity index (χ1) is 12.5. The van der Waals surface area contributed by atoms with Crippen molar-refractivity contribution >= 4 is 17.5 Å². The average molecular weight is 348 g/mol. The minimum Gasteiger partial charge on any atom is -0.462 e. The molecule has 1 aliphatic carbocycles. The maximum atomic E-state index is 11.1. The molecular formula is C21H20N2O3. The number of nitrogens with zero attached hydrogens (tertiary/aromatic N) is 2. The van der Waals surface area contributed by atoms with Crippen LogP contribution < -0.4 is 9.64 Å². The van der Waals surface area contributed by atoms with Gasteiger partial charge in [-0.15, -0.1) is 0 Å². The number of rotatable bonds is 1. The van der Waals surface area contributed by atoms with Gasteiger partial charge in [-0.05, 0) is 55.5 Å². The molecule has 1 spiro atoms. The zero-order valence-electron chi connectivity index (χ0n) is 14.9. The van der Waals surface area contributed by atoms with Crippen LogP contribution in [0, 0.1) is 10.1 Å². The number of hydrogen-bond donors (Lipinski definition) is 0. The number of benzene rings is 2. The fraction of sp³-hybridized carbons (Fsp3) is 0.333. The predicted octanol–water partition coefficient (Wildman–Crippen LogP) is 4.66. The van der Waals surface area contributed by atoms with Gasteiger partial charge in [-0.25, -0.2) is 0 Å². The molecule has 0 bridgehead atoms. The molecule has 0 radical (unpaired) electrons. The average Bonchev–Trinajstić information content (AvgIpc) is 2.84. The Morgan fingerprint density at radius 2 is 2.04 bits per heavy atom. The van der Waals surface area contributed by atoms with E-state index in [0.29, 0.717) is 5.75 Å². The molecule has 0 aromatic heterocycles. The maximum Gasteiger partial charge on any atom is 0.270 e. The monoisotopic (exact) mass is 348 g/mol. The van der Waals surface area contributed by atoms with Crippen LogP contribution in [0.4, 0.5) is 11.4 Å². The second kappa shape index (κ2) is 4.87. The van der Waals surface area contributed by atoms with Crippen molar-refractivity contribution < 1.29 is 9.66 Å². The molecule has 0 N–H and O–H groups in total. The molecule has 5 nitrogen and oxygen atoms in total. The van der Waals surface area contributed by atoms with Crippen molar-refractivity contribution in [1.82, 2.24) is 0 Å². The molecule has 5 rings (SSSR count). The maximum absolute atomic E-state index is 11.1. The molecule has 0 amide bonds. The summed E-state index contributed by atoms with van der Waals surface area (Å²) in [4.78, 5) is 13.0. The Morgan fingerprint density at radius 3 is 2.85 bits per heavy atom. The summed E-state index contributed by atoms with van der Waals surface area (Å²) in [7, 11) is 2.10. The van der Waals surface area contributed by atoms with Gasteiger partial charge >= 0.3 is 0 Å². The van der Waals surface area contributed by atoms with E-state index in [2.05, 4.69) is 49.2 Å². The zero-order chi connectivity index (χ0) is 18.1. The fourth-order valence-corrected chi connectivity index (χ4v) is 5.25. The van der Waals surface area contributed by atoms with Crippen LogP contribution in [0.5, 0.6) is 5.75 Å². The summed E-state index contributed by atoms with van der Waals surface area (Å²) in [6, 6.07) is 13.4. The van der Waals surface area contributed by atoms with Crippen molar-refractivity contribution in [3.8, 4) is 5.75 Å². The molecule has 26 heavy (non-hydrogen) atoms. The van der Waals surface area contributed by atoms with Crippen molar-refractivity contribution in [2.75, 3.05) is 11.9 Å². The first kappa shape index (κ1) is 15.4. The number of ether oxygens (including phenoxy) is 1. The highest BCUT2D eigenvalue weighted by atomic mass is 16.6. The van der Waals surface area contributed by atoms with Crippen molar-refractivity contribution in [2.24, 2.45) is 0 Å². The van der Waals surface area contributed by atoms with E-state index < -0.39 is 5.72 Å². The lowest BCUT2D eigenvalue weighted by Crippen LogP contribution is -2.63. The molecule has 2 atom stereocenters. The van der Waals surface area contributed by atoms with Gasteiger partial charge in [-0.1, -0.05) is 18.2 Å². The molecule has 2 heterocycles. The summed E-state index contributed by atoms with van der Waals surface area (Å²) in [5.41, 5.74) is 3.92. The summed E-state index contributed by atoms with van der Waals surface area (Å²) in [5, 5.41) is 11.1. The third-order valence-corrected chi connectivity index (χ3v) is 6.43. The third-order valence-electron chi connectivity index (χ3n) is 6.43. The van der Waals surface area contributed by atoms with E-state index >= 15 is 0 Å². The van der Waals surface area contributed by atoms with Gasteiger partial charge < -0.3 is 9.64 Å². The highest BCUT2D eigenvalue weighted by molar-refractivity contribution is 5.76. The normalized spacial score (nSPS) is 28.2. The Balaban J connectivity index is 1.74. The van der Waals surface area contributed by atoms with Gasteiger partial charge in [0.05, 0.1) is 10.3 Å². The van der Waals surface area contributed by atoms with Gasteiger partial charge in [0, 0.05) is 30.4 Å². The van der Waals surface area contributed by atoms with E-state index in [9.17, 15) is 10.1 Å². The second-order valence-corrected chi connectivity index (χ2v) is 7.66. The number of anilines is 1. The number of nitro groups is 1. The van der Waals surface area contributed by atoms with E-state index in [1.807, 2.05) is 0 Å². The summed E-state index contributed by atoms with van der Waals surface area (Å²) in [5.74, 6) is 0.715. The zero-order valence-corrected chi connectivity index (χ0v) is 14.9. The second-order valence-electron chi connectivity index (χ2n) is 7.66. The van der Waals surface area contributed by atoms with Gasteiger partial charge in [-0.2, -0.15) is 0 Å². The van der Waals surface area contributed by atoms with Crippen molar-refractivity contribution in [3.05, 3.63) is 69.3 Å². The molecule has 2 aliphatic heterocycles. The molecule has 1 fully saturated rings. The molecule has 132 valence electrons. The Hall–Kier alpha value is -2.82. The van der Waals surface area contributed by atoms with Crippen LogP contribution in [0.3, 0.4) is 0 Å². The van der Waals surface area contributed by atoms with Crippen molar-refractivity contribution in [3.63, 3.8) is 0 Å². The molecular weight excluding hydrogens is 328 g/mol. The molecule has 0 saturated heterocycles. The number of fused-ring (bicyclic) bond motifs is 3. The lowest BCUT2D eigenvalue weighted by Gasteiger charge is -2.53.